The van der Waals surface area contributed by atoms with E-state index in [4.69, 9.17) is 37.5 Å². The largest absolute Gasteiger partial charge is 0.780 e. The number of hydrogen-bond donors (Lipinski definition) is 5. The first-order valence-electron chi connectivity index (χ1n) is 16.2. The standard InChI is InChI=1S/C31H51N5O10P2S2/c1-5-6-7-10-21-45-48(42,50)46-22-24-15-17-25(18-16-24)34-29(38)26(13-12-19-33-31(32)40)35-30(39)28(23(2)3)36-27(37)14-9-8-11-20-44-47(41,49)43-4/h1,15-18,23,26,28H,6-14,19-22H2,2-4H3,(H,34,38)(H,35,39)(H,36,37)(H,41,49)(H,42,50)(H3,32,33,40)/p-2/t26-,28-,47?,48?/m0/s1. The minimum Gasteiger partial charge on any atom is -0.780 e. The molecule has 0 spiro atoms. The topological polar surface area (TPSA) is 219 Å². The van der Waals surface area contributed by atoms with Gasteiger partial charge >= 0.3 is 6.03 Å². The van der Waals surface area contributed by atoms with Crippen molar-refractivity contribution < 1.29 is 46.7 Å². The fourth-order valence-electron chi connectivity index (χ4n) is 4.23. The number of benzene rings is 1. The summed E-state index contributed by atoms with van der Waals surface area (Å²) in [5.41, 5.74) is 6.18. The number of primary amides is 1. The van der Waals surface area contributed by atoms with E-state index in [0.717, 1.165) is 6.42 Å². The lowest BCUT2D eigenvalue weighted by molar-refractivity contribution is -0.207. The third-order valence-corrected chi connectivity index (χ3v) is 10.3. The van der Waals surface area contributed by atoms with Crippen LogP contribution in [0.5, 0.6) is 0 Å². The number of hydrogen-bond acceptors (Lipinski definition) is 12. The van der Waals surface area contributed by atoms with E-state index in [2.05, 4.69) is 44.0 Å². The molecular weight excluding hydrogens is 728 g/mol. The highest BCUT2D eigenvalue weighted by atomic mass is 32.7. The van der Waals surface area contributed by atoms with Gasteiger partial charge in [-0.15, -0.1) is 12.3 Å². The number of unbranched alkanes of at least 4 members (excludes halogenated alkanes) is 4. The van der Waals surface area contributed by atoms with E-state index in [1.165, 1.54) is 7.11 Å². The van der Waals surface area contributed by atoms with Crippen LogP contribution in [0.3, 0.4) is 0 Å². The van der Waals surface area contributed by atoms with Crippen molar-refractivity contribution in [3.8, 4) is 12.3 Å². The molecule has 0 radical (unpaired) electrons. The van der Waals surface area contributed by atoms with Gasteiger partial charge in [0.2, 0.25) is 17.7 Å². The van der Waals surface area contributed by atoms with Crippen molar-refractivity contribution in [2.75, 3.05) is 32.2 Å². The van der Waals surface area contributed by atoms with Gasteiger partial charge in [0, 0.05) is 32.2 Å². The van der Waals surface area contributed by atoms with Gasteiger partial charge in [0.25, 0.3) is 0 Å². The summed E-state index contributed by atoms with van der Waals surface area (Å²) in [6.07, 6.45) is 9.34. The highest BCUT2D eigenvalue weighted by Crippen LogP contribution is 2.44. The van der Waals surface area contributed by atoms with E-state index in [-0.39, 0.29) is 51.0 Å². The first-order chi connectivity index (χ1) is 23.6. The van der Waals surface area contributed by atoms with Crippen molar-refractivity contribution in [2.24, 2.45) is 11.7 Å². The lowest BCUT2D eigenvalue weighted by atomic mass is 10.0. The van der Waals surface area contributed by atoms with Crippen molar-refractivity contribution >= 4 is 67.0 Å². The molecule has 0 saturated carbocycles. The van der Waals surface area contributed by atoms with E-state index in [0.29, 0.717) is 49.8 Å². The summed E-state index contributed by atoms with van der Waals surface area (Å²) in [5.74, 6) is 0.788. The zero-order valence-corrected chi connectivity index (χ0v) is 32.1. The zero-order chi connectivity index (χ0) is 37.6. The molecule has 5 amide bonds. The van der Waals surface area contributed by atoms with Gasteiger partial charge in [-0.25, -0.2) is 4.79 Å². The molecule has 0 aliphatic carbocycles. The van der Waals surface area contributed by atoms with Crippen LogP contribution in [0.25, 0.3) is 0 Å². The normalized spacial score (nSPS) is 14.7. The van der Waals surface area contributed by atoms with E-state index in [1.807, 2.05) is 0 Å². The van der Waals surface area contributed by atoms with Crippen molar-refractivity contribution in [1.29, 1.82) is 0 Å². The first kappa shape index (κ1) is 45.5. The summed E-state index contributed by atoms with van der Waals surface area (Å²) in [6.45, 7) is -3.22. The molecule has 0 saturated heterocycles. The summed E-state index contributed by atoms with van der Waals surface area (Å²) >= 11 is 9.60. The van der Waals surface area contributed by atoms with Crippen molar-refractivity contribution in [2.45, 2.75) is 90.3 Å². The predicted molar refractivity (Wildman–Crippen MR) is 195 cm³/mol. The average molecular weight is 778 g/mol. The molecule has 6 N–H and O–H groups in total. The number of nitrogens with one attached hydrogen (secondary N) is 4. The van der Waals surface area contributed by atoms with E-state index in [9.17, 15) is 28.6 Å². The minimum absolute atomic E-state index is 0.0752. The number of carbonyl (C=O) groups is 4. The van der Waals surface area contributed by atoms with E-state index >= 15 is 0 Å². The summed E-state index contributed by atoms with van der Waals surface area (Å²) in [7, 11) is 1.21. The zero-order valence-electron chi connectivity index (χ0n) is 28.7. The Morgan fingerprint density at radius 1 is 0.980 bits per heavy atom. The highest BCUT2D eigenvalue weighted by Gasteiger charge is 2.28. The molecule has 4 atom stereocenters. The SMILES string of the molecule is C#CCCCCOP([O-])(=S)OCc1ccc(NC(=O)[C@H](CCCNC(N)=O)NC(=O)[C@@H](NC(=O)CCCCCOP(=O)([S-])OC)C(C)C)cc1. The quantitative estimate of drug-likeness (QED) is 0.0395. The second-order valence-electron chi connectivity index (χ2n) is 11.5. The lowest BCUT2D eigenvalue weighted by Crippen LogP contribution is -2.54. The van der Waals surface area contributed by atoms with Crippen LogP contribution in [0, 0.1) is 18.3 Å². The highest BCUT2D eigenvalue weighted by molar-refractivity contribution is 8.32. The van der Waals surface area contributed by atoms with Crippen molar-refractivity contribution in [1.82, 2.24) is 16.0 Å². The number of carbonyl (C=O) groups excluding carboxylic acids is 4. The van der Waals surface area contributed by atoms with Gasteiger partial charge in [0.1, 0.15) is 18.8 Å². The molecule has 0 fully saturated rings. The van der Waals surface area contributed by atoms with Crippen LogP contribution >= 0.6 is 13.5 Å². The van der Waals surface area contributed by atoms with Crippen LogP contribution in [0.15, 0.2) is 24.3 Å². The van der Waals surface area contributed by atoms with Gasteiger partial charge in [-0.3, -0.25) is 18.9 Å². The molecule has 0 heterocycles. The number of rotatable bonds is 26. The molecule has 0 aliphatic heterocycles. The van der Waals surface area contributed by atoms with Crippen molar-refractivity contribution in [3.05, 3.63) is 29.8 Å². The Balaban J connectivity index is 2.78. The Morgan fingerprint density at radius 2 is 1.64 bits per heavy atom. The number of terminal acetylenes is 1. The van der Waals surface area contributed by atoms with Crippen molar-refractivity contribution in [3.63, 3.8) is 0 Å². The van der Waals surface area contributed by atoms with Gasteiger partial charge in [0.15, 0.2) is 6.80 Å². The molecular formula is C31H49N5O10P2S2-2. The summed E-state index contributed by atoms with van der Waals surface area (Å²) in [6, 6.07) is 3.85. The second kappa shape index (κ2) is 24.6. The Morgan fingerprint density at radius 3 is 2.26 bits per heavy atom. The van der Waals surface area contributed by atoms with Crippen LogP contribution in [0.2, 0.25) is 0 Å². The van der Waals surface area contributed by atoms with Gasteiger partial charge in [-0.1, -0.05) is 44.2 Å². The maximum atomic E-state index is 13.4. The third-order valence-electron chi connectivity index (χ3n) is 6.96. The Bertz CT molecular complexity index is 1360. The fraction of sp³-hybridized carbons (Fsp3) is 0.613. The van der Waals surface area contributed by atoms with Crippen LogP contribution in [0.1, 0.15) is 77.2 Å². The Labute approximate surface area is 305 Å². The molecule has 1 rings (SSSR count). The smallest absolute Gasteiger partial charge is 0.312 e. The van der Waals surface area contributed by atoms with Gasteiger partial charge in [-0.2, -0.15) is 0 Å². The van der Waals surface area contributed by atoms with Crippen LogP contribution < -0.4 is 31.9 Å². The predicted octanol–water partition coefficient (Wildman–Crippen LogP) is 3.50. The molecule has 1 aromatic carbocycles. The van der Waals surface area contributed by atoms with Gasteiger partial charge < -0.3 is 62.2 Å². The molecule has 1 aromatic rings. The third kappa shape index (κ3) is 21.0. The Hall–Kier alpha value is -2.51. The first-order valence-corrected chi connectivity index (χ1v) is 21.3. The summed E-state index contributed by atoms with van der Waals surface area (Å²) in [4.78, 5) is 62.8. The lowest BCUT2D eigenvalue weighted by Gasteiger charge is -2.27. The molecule has 0 aliphatic rings. The van der Waals surface area contributed by atoms with E-state index < -0.39 is 43.4 Å². The average Bonchev–Trinajstić information content (AvgIpc) is 3.05. The van der Waals surface area contributed by atoms with Gasteiger partial charge in [-0.05, 0) is 62.1 Å². The molecule has 282 valence electrons. The van der Waals surface area contributed by atoms with Crippen LogP contribution in [-0.4, -0.2) is 62.7 Å². The molecule has 0 aromatic heterocycles. The molecule has 0 bridgehead atoms. The second-order valence-corrected chi connectivity index (χ2v) is 17.1. The van der Waals surface area contributed by atoms with Crippen LogP contribution in [-0.2, 0) is 67.7 Å². The van der Waals surface area contributed by atoms with Crippen LogP contribution in [0.4, 0.5) is 10.5 Å². The fourth-order valence-corrected chi connectivity index (χ4v) is 6.03. The summed E-state index contributed by atoms with van der Waals surface area (Å²) in [5, 5.41) is 10.7. The maximum absolute atomic E-state index is 13.4. The van der Waals surface area contributed by atoms with E-state index in [1.54, 1.807) is 38.1 Å². The molecule has 50 heavy (non-hydrogen) atoms. The molecule has 15 nitrogen and oxygen atoms in total. The van der Waals surface area contributed by atoms with Gasteiger partial charge in [0.05, 0.1) is 19.8 Å². The number of nitrogens with two attached hydrogens (primary N) is 1. The number of anilines is 1. The monoisotopic (exact) mass is 777 g/mol. The molecule has 2 unspecified atom stereocenters. The summed E-state index contributed by atoms with van der Waals surface area (Å²) < 4.78 is 31.7. The number of urea groups is 1. The molecule has 19 heteroatoms. The minimum atomic E-state index is -3.69. The maximum Gasteiger partial charge on any atom is 0.312 e. The number of amides is 5. The Kier molecular flexibility index (Phi) is 22.4.